The van der Waals surface area contributed by atoms with Gasteiger partial charge in [0.2, 0.25) is 0 Å². The maximum absolute atomic E-state index is 11.6. The van der Waals surface area contributed by atoms with Crippen LogP contribution in [0.15, 0.2) is 0 Å². The van der Waals surface area contributed by atoms with Crippen LogP contribution in [0.25, 0.3) is 0 Å². The van der Waals surface area contributed by atoms with Crippen LogP contribution in [0.3, 0.4) is 0 Å². The smallest absolute Gasteiger partial charge is 0.150 e. The first kappa shape index (κ1) is 13.3. The first-order valence-corrected chi connectivity index (χ1v) is 8.58. The fourth-order valence-electron chi connectivity index (χ4n) is 3.13. The predicted molar refractivity (Wildman–Crippen MR) is 69.9 cm³/mol. The Labute approximate surface area is 105 Å². The van der Waals surface area contributed by atoms with Gasteiger partial charge in [-0.25, -0.2) is 8.42 Å². The molecule has 5 heteroatoms. The van der Waals surface area contributed by atoms with E-state index in [1.54, 1.807) is 0 Å². The van der Waals surface area contributed by atoms with Crippen molar-refractivity contribution in [3.8, 4) is 0 Å². The van der Waals surface area contributed by atoms with Crippen molar-refractivity contribution in [1.29, 1.82) is 0 Å². The van der Waals surface area contributed by atoms with Crippen molar-refractivity contribution in [2.75, 3.05) is 25.9 Å². The molecule has 4 nitrogen and oxygen atoms in total. The van der Waals surface area contributed by atoms with Crippen LogP contribution in [0.5, 0.6) is 0 Å². The summed E-state index contributed by atoms with van der Waals surface area (Å²) in [6.45, 7) is 5.34. The molecule has 17 heavy (non-hydrogen) atoms. The van der Waals surface area contributed by atoms with Crippen LogP contribution < -0.4 is 5.32 Å². The fraction of sp³-hybridized carbons (Fsp3) is 1.00. The third-order valence-electron chi connectivity index (χ3n) is 4.12. The van der Waals surface area contributed by atoms with Gasteiger partial charge in [-0.1, -0.05) is 6.42 Å². The molecule has 1 aliphatic carbocycles. The minimum atomic E-state index is -2.85. The van der Waals surface area contributed by atoms with Gasteiger partial charge in [-0.05, 0) is 26.2 Å². The van der Waals surface area contributed by atoms with E-state index in [-0.39, 0.29) is 5.25 Å². The Bertz CT molecular complexity index is 356. The molecule has 2 rings (SSSR count). The van der Waals surface area contributed by atoms with Crippen molar-refractivity contribution in [3.63, 3.8) is 0 Å². The summed E-state index contributed by atoms with van der Waals surface area (Å²) in [7, 11) is -2.85. The molecule has 0 amide bonds. The van der Waals surface area contributed by atoms with Gasteiger partial charge in [0.1, 0.15) is 9.84 Å². The van der Waals surface area contributed by atoms with Crippen molar-refractivity contribution in [2.45, 2.75) is 49.9 Å². The van der Waals surface area contributed by atoms with Crippen molar-refractivity contribution in [1.82, 2.24) is 10.2 Å². The minimum Gasteiger partial charge on any atom is -0.312 e. The second-order valence-electron chi connectivity index (χ2n) is 5.62. The number of hydrogen-bond donors (Lipinski definition) is 1. The number of hydrogen-bond acceptors (Lipinski definition) is 4. The van der Waals surface area contributed by atoms with Gasteiger partial charge in [0.05, 0.1) is 5.25 Å². The van der Waals surface area contributed by atoms with Crippen LogP contribution in [0.1, 0.15) is 32.6 Å². The summed E-state index contributed by atoms with van der Waals surface area (Å²) in [4.78, 5) is 2.48. The average molecular weight is 260 g/mol. The predicted octanol–water partition coefficient (Wildman–Crippen LogP) is 0.636. The molecule has 1 N–H and O–H groups in total. The van der Waals surface area contributed by atoms with Crippen LogP contribution in [0.2, 0.25) is 0 Å². The van der Waals surface area contributed by atoms with Gasteiger partial charge in [0, 0.05) is 38.0 Å². The Kier molecular flexibility index (Phi) is 4.10. The van der Waals surface area contributed by atoms with Crippen molar-refractivity contribution >= 4 is 9.84 Å². The summed E-state index contributed by atoms with van der Waals surface area (Å²) in [6, 6.07) is 1.01. The maximum Gasteiger partial charge on any atom is 0.150 e. The molecule has 1 saturated heterocycles. The molecule has 3 atom stereocenters. The molecule has 1 saturated carbocycles. The lowest BCUT2D eigenvalue weighted by Crippen LogP contribution is -2.54. The third-order valence-corrected chi connectivity index (χ3v) is 5.76. The molecule has 2 aliphatic rings. The number of sulfone groups is 1. The molecule has 1 heterocycles. The molecule has 0 aromatic heterocycles. The van der Waals surface area contributed by atoms with Crippen molar-refractivity contribution in [3.05, 3.63) is 0 Å². The first-order valence-electron chi connectivity index (χ1n) is 6.63. The second kappa shape index (κ2) is 5.24. The summed E-state index contributed by atoms with van der Waals surface area (Å²) in [5.41, 5.74) is 0. The zero-order chi connectivity index (χ0) is 12.5. The number of piperazine rings is 1. The zero-order valence-electron chi connectivity index (χ0n) is 10.9. The summed E-state index contributed by atoms with van der Waals surface area (Å²) < 4.78 is 23.3. The highest BCUT2D eigenvalue weighted by atomic mass is 32.2. The normalized spacial score (nSPS) is 36.9. The van der Waals surface area contributed by atoms with Crippen LogP contribution in [-0.4, -0.2) is 56.5 Å². The van der Waals surface area contributed by atoms with E-state index in [9.17, 15) is 8.42 Å². The molecule has 0 radical (unpaired) electrons. The summed E-state index contributed by atoms with van der Waals surface area (Å²) in [5.74, 6) is 0. The van der Waals surface area contributed by atoms with E-state index in [2.05, 4.69) is 17.1 Å². The van der Waals surface area contributed by atoms with Crippen molar-refractivity contribution in [2.24, 2.45) is 0 Å². The van der Waals surface area contributed by atoms with Crippen LogP contribution in [0.4, 0.5) is 0 Å². The Morgan fingerprint density at radius 1 is 1.29 bits per heavy atom. The fourth-order valence-corrected chi connectivity index (χ4v) is 4.30. The highest BCUT2D eigenvalue weighted by Gasteiger charge is 2.33. The van der Waals surface area contributed by atoms with E-state index in [0.29, 0.717) is 12.1 Å². The monoisotopic (exact) mass is 260 g/mol. The largest absolute Gasteiger partial charge is 0.312 e. The summed E-state index contributed by atoms with van der Waals surface area (Å²) in [5, 5.41) is 3.33. The Morgan fingerprint density at radius 2 is 2.06 bits per heavy atom. The van der Waals surface area contributed by atoms with Gasteiger partial charge in [0.25, 0.3) is 0 Å². The zero-order valence-corrected chi connectivity index (χ0v) is 11.7. The molecule has 100 valence electrons. The summed E-state index contributed by atoms with van der Waals surface area (Å²) in [6.07, 6.45) is 5.31. The molecular weight excluding hydrogens is 236 g/mol. The van der Waals surface area contributed by atoms with Gasteiger partial charge in [-0.2, -0.15) is 0 Å². The highest BCUT2D eigenvalue weighted by Crippen LogP contribution is 2.27. The number of nitrogens with zero attached hydrogens (tertiary/aromatic N) is 1. The van der Waals surface area contributed by atoms with Gasteiger partial charge >= 0.3 is 0 Å². The van der Waals surface area contributed by atoms with Crippen molar-refractivity contribution < 1.29 is 8.42 Å². The maximum atomic E-state index is 11.6. The molecule has 0 spiro atoms. The molecule has 0 aromatic rings. The molecule has 1 aliphatic heterocycles. The number of nitrogens with one attached hydrogen (secondary N) is 1. The van der Waals surface area contributed by atoms with Crippen LogP contribution in [-0.2, 0) is 9.84 Å². The lowest BCUT2D eigenvalue weighted by Gasteiger charge is -2.41. The SMILES string of the molecule is CC1CN(C2CCCC(S(C)(=O)=O)C2)CCN1. The molecule has 3 unspecified atom stereocenters. The lowest BCUT2D eigenvalue weighted by molar-refractivity contribution is 0.120. The highest BCUT2D eigenvalue weighted by molar-refractivity contribution is 7.91. The van der Waals surface area contributed by atoms with E-state index in [1.807, 2.05) is 0 Å². The molecule has 0 aromatic carbocycles. The van der Waals surface area contributed by atoms with E-state index < -0.39 is 9.84 Å². The third kappa shape index (κ3) is 3.42. The standard InChI is InChI=1S/C12H24N2O2S/c1-10-9-14(7-6-13-10)11-4-3-5-12(8-11)17(2,15)16/h10-13H,3-9H2,1-2H3. The molecular formula is C12H24N2O2S. The molecule has 2 fully saturated rings. The second-order valence-corrected chi connectivity index (χ2v) is 7.95. The Balaban J connectivity index is 1.97. The first-order chi connectivity index (χ1) is 7.97. The van der Waals surface area contributed by atoms with E-state index in [1.165, 1.54) is 12.7 Å². The summed E-state index contributed by atoms with van der Waals surface area (Å²) >= 11 is 0. The van der Waals surface area contributed by atoms with E-state index in [4.69, 9.17) is 0 Å². The van der Waals surface area contributed by atoms with E-state index in [0.717, 1.165) is 38.9 Å². The Hall–Kier alpha value is -0.130. The van der Waals surface area contributed by atoms with Gasteiger partial charge < -0.3 is 5.32 Å². The number of rotatable bonds is 2. The van der Waals surface area contributed by atoms with Crippen LogP contribution >= 0.6 is 0 Å². The van der Waals surface area contributed by atoms with Gasteiger partial charge in [-0.3, -0.25) is 4.90 Å². The average Bonchev–Trinajstić information content (AvgIpc) is 2.28. The topological polar surface area (TPSA) is 49.4 Å². The lowest BCUT2D eigenvalue weighted by atomic mass is 9.93. The quantitative estimate of drug-likeness (QED) is 0.791. The Morgan fingerprint density at radius 3 is 2.71 bits per heavy atom. The molecule has 0 bridgehead atoms. The minimum absolute atomic E-state index is 0.105. The van der Waals surface area contributed by atoms with Gasteiger partial charge in [0.15, 0.2) is 0 Å². The van der Waals surface area contributed by atoms with Crippen LogP contribution in [0, 0.1) is 0 Å². The van der Waals surface area contributed by atoms with E-state index >= 15 is 0 Å². The van der Waals surface area contributed by atoms with Gasteiger partial charge in [-0.15, -0.1) is 0 Å².